The SMILES string of the molecule is CC(=O)N(N)SCc1cc(C(C)(C)C)c(O)c(C(C)(C)C)c1. The van der Waals surface area contributed by atoms with Gasteiger partial charge in [0.25, 0.3) is 0 Å². The fourth-order valence-electron chi connectivity index (χ4n) is 2.16. The second-order valence-corrected chi connectivity index (χ2v) is 8.60. The molecule has 0 aromatic heterocycles. The summed E-state index contributed by atoms with van der Waals surface area (Å²) in [5.41, 5.74) is 2.57. The minimum Gasteiger partial charge on any atom is -0.507 e. The van der Waals surface area contributed by atoms with Gasteiger partial charge in [0.05, 0.1) is 0 Å². The monoisotopic (exact) mass is 324 g/mol. The van der Waals surface area contributed by atoms with Crippen LogP contribution >= 0.6 is 11.9 Å². The standard InChI is InChI=1S/C17H28N2O2S/c1-11(20)19(18)22-10-12-8-13(16(2,3)4)15(21)14(9-12)17(5,6)7/h8-9,21H,10,18H2,1-7H3. The summed E-state index contributed by atoms with van der Waals surface area (Å²) in [6.07, 6.45) is 0. The van der Waals surface area contributed by atoms with Crippen LogP contribution < -0.4 is 5.84 Å². The van der Waals surface area contributed by atoms with Crippen LogP contribution in [0.3, 0.4) is 0 Å². The van der Waals surface area contributed by atoms with E-state index in [9.17, 15) is 9.90 Å². The van der Waals surface area contributed by atoms with Gasteiger partial charge in [-0.3, -0.25) is 4.79 Å². The van der Waals surface area contributed by atoms with Crippen LogP contribution in [-0.4, -0.2) is 15.4 Å². The highest BCUT2D eigenvalue weighted by molar-refractivity contribution is 7.96. The molecule has 3 N–H and O–H groups in total. The molecule has 4 nitrogen and oxygen atoms in total. The number of benzene rings is 1. The van der Waals surface area contributed by atoms with Crippen LogP contribution in [0, 0.1) is 0 Å². The highest BCUT2D eigenvalue weighted by Crippen LogP contribution is 2.40. The van der Waals surface area contributed by atoms with Crippen molar-refractivity contribution >= 4 is 17.9 Å². The minimum atomic E-state index is -0.184. The summed E-state index contributed by atoms with van der Waals surface area (Å²) in [5, 5.41) is 10.7. The van der Waals surface area contributed by atoms with Crippen LogP contribution in [0.25, 0.3) is 0 Å². The van der Waals surface area contributed by atoms with E-state index < -0.39 is 0 Å². The third-order valence-corrected chi connectivity index (χ3v) is 4.46. The van der Waals surface area contributed by atoms with E-state index in [1.165, 1.54) is 18.9 Å². The van der Waals surface area contributed by atoms with Crippen molar-refractivity contribution in [1.82, 2.24) is 4.41 Å². The number of phenols is 1. The number of hydrogen-bond acceptors (Lipinski definition) is 4. The average Bonchev–Trinajstić information content (AvgIpc) is 2.33. The summed E-state index contributed by atoms with van der Waals surface area (Å²) < 4.78 is 1.14. The highest BCUT2D eigenvalue weighted by Gasteiger charge is 2.26. The number of phenolic OH excluding ortho intramolecular Hbond substituents is 1. The van der Waals surface area contributed by atoms with Gasteiger partial charge in [0.15, 0.2) is 0 Å². The molecular weight excluding hydrogens is 296 g/mol. The first-order valence-corrected chi connectivity index (χ1v) is 8.33. The summed E-state index contributed by atoms with van der Waals surface area (Å²) in [7, 11) is 0. The predicted octanol–water partition coefficient (Wildman–Crippen LogP) is 3.86. The molecule has 1 aromatic carbocycles. The lowest BCUT2D eigenvalue weighted by atomic mass is 9.78. The van der Waals surface area contributed by atoms with Crippen molar-refractivity contribution in [1.29, 1.82) is 0 Å². The number of carbonyl (C=O) groups is 1. The van der Waals surface area contributed by atoms with Crippen LogP contribution in [-0.2, 0) is 21.4 Å². The fraction of sp³-hybridized carbons (Fsp3) is 0.588. The normalized spacial score (nSPS) is 12.4. The van der Waals surface area contributed by atoms with Crippen molar-refractivity contribution in [2.75, 3.05) is 0 Å². The van der Waals surface area contributed by atoms with Crippen molar-refractivity contribution in [3.05, 3.63) is 28.8 Å². The minimum absolute atomic E-state index is 0.159. The average molecular weight is 324 g/mol. The van der Waals surface area contributed by atoms with Crippen molar-refractivity contribution in [2.24, 2.45) is 5.84 Å². The number of nitrogens with zero attached hydrogens (tertiary/aromatic N) is 1. The number of hydrazine groups is 1. The molecule has 0 aliphatic rings. The number of amides is 1. The molecule has 1 amide bonds. The summed E-state index contributed by atoms with van der Waals surface area (Å²) in [5.74, 6) is 6.41. The molecule has 0 fully saturated rings. The molecule has 0 saturated heterocycles. The summed E-state index contributed by atoms with van der Waals surface area (Å²) in [4.78, 5) is 11.2. The van der Waals surface area contributed by atoms with Gasteiger partial charge in [0.2, 0.25) is 5.91 Å². The summed E-state index contributed by atoms with van der Waals surface area (Å²) in [6, 6.07) is 4.01. The molecule has 0 saturated carbocycles. The van der Waals surface area contributed by atoms with E-state index in [4.69, 9.17) is 5.84 Å². The molecule has 1 aromatic rings. The predicted molar refractivity (Wildman–Crippen MR) is 93.5 cm³/mol. The Morgan fingerprint density at radius 3 is 1.86 bits per heavy atom. The van der Waals surface area contributed by atoms with E-state index in [2.05, 4.69) is 41.5 Å². The maximum Gasteiger partial charge on any atom is 0.243 e. The zero-order valence-corrected chi connectivity index (χ0v) is 15.5. The van der Waals surface area contributed by atoms with Crippen molar-refractivity contribution in [2.45, 2.75) is 65.0 Å². The first-order chi connectivity index (χ1) is 9.84. The number of carbonyl (C=O) groups excluding carboxylic acids is 1. The van der Waals surface area contributed by atoms with Gasteiger partial charge >= 0.3 is 0 Å². The summed E-state index contributed by atoms with van der Waals surface area (Å²) in [6.45, 7) is 13.9. The lowest BCUT2D eigenvalue weighted by Crippen LogP contribution is -2.28. The number of nitrogens with two attached hydrogens (primary N) is 1. The van der Waals surface area contributed by atoms with Crippen LogP contribution in [0.15, 0.2) is 12.1 Å². The van der Waals surface area contributed by atoms with Crippen molar-refractivity contribution in [3.63, 3.8) is 0 Å². The lowest BCUT2D eigenvalue weighted by Gasteiger charge is -2.28. The Hall–Kier alpha value is -1.20. The van der Waals surface area contributed by atoms with Crippen LogP contribution in [0.2, 0.25) is 0 Å². The molecular formula is C17H28N2O2S. The van der Waals surface area contributed by atoms with Crippen molar-refractivity contribution < 1.29 is 9.90 Å². The smallest absolute Gasteiger partial charge is 0.243 e. The topological polar surface area (TPSA) is 66.6 Å². The second-order valence-electron chi connectivity index (χ2n) is 7.66. The Morgan fingerprint density at radius 1 is 1.14 bits per heavy atom. The van der Waals surface area contributed by atoms with Crippen LogP contribution in [0.1, 0.15) is 65.2 Å². The second kappa shape index (κ2) is 6.50. The number of hydrogen-bond donors (Lipinski definition) is 2. The zero-order chi connectivity index (χ0) is 17.3. The lowest BCUT2D eigenvalue weighted by molar-refractivity contribution is -0.124. The molecule has 0 radical (unpaired) electrons. The molecule has 1 rings (SSSR count). The molecule has 0 aliphatic carbocycles. The van der Waals surface area contributed by atoms with E-state index in [0.29, 0.717) is 11.5 Å². The third-order valence-electron chi connectivity index (χ3n) is 3.47. The van der Waals surface area contributed by atoms with E-state index in [1.807, 2.05) is 12.1 Å². The van der Waals surface area contributed by atoms with Gasteiger partial charge in [0.1, 0.15) is 5.75 Å². The van der Waals surface area contributed by atoms with Gasteiger partial charge in [-0.2, -0.15) is 0 Å². The molecule has 22 heavy (non-hydrogen) atoms. The van der Waals surface area contributed by atoms with Gasteiger partial charge in [-0.1, -0.05) is 53.7 Å². The van der Waals surface area contributed by atoms with Gasteiger partial charge in [0, 0.05) is 12.7 Å². The van der Waals surface area contributed by atoms with Gasteiger partial charge in [-0.25, -0.2) is 10.3 Å². The first-order valence-electron chi connectivity index (χ1n) is 7.39. The van der Waals surface area contributed by atoms with Crippen LogP contribution in [0.5, 0.6) is 5.75 Å². The Balaban J connectivity index is 3.27. The number of rotatable bonds is 3. The Bertz CT molecular complexity index is 522. The molecule has 5 heteroatoms. The molecule has 0 heterocycles. The molecule has 0 atom stereocenters. The fourth-order valence-corrected chi connectivity index (χ4v) is 2.79. The number of aromatic hydroxyl groups is 1. The Labute approximate surface area is 138 Å². The van der Waals surface area contributed by atoms with Gasteiger partial charge in [-0.05, 0) is 39.5 Å². The molecule has 124 valence electrons. The largest absolute Gasteiger partial charge is 0.507 e. The quantitative estimate of drug-likeness (QED) is 0.383. The van der Waals surface area contributed by atoms with E-state index in [-0.39, 0.29) is 16.7 Å². The highest BCUT2D eigenvalue weighted by atomic mass is 32.2. The Kier molecular flexibility index (Phi) is 5.57. The van der Waals surface area contributed by atoms with Gasteiger partial charge < -0.3 is 5.11 Å². The first kappa shape index (κ1) is 18.8. The molecule has 0 aliphatic heterocycles. The van der Waals surface area contributed by atoms with Gasteiger partial charge in [-0.15, -0.1) is 0 Å². The van der Waals surface area contributed by atoms with E-state index in [0.717, 1.165) is 21.1 Å². The zero-order valence-electron chi connectivity index (χ0n) is 14.7. The third kappa shape index (κ3) is 4.65. The molecule has 0 bridgehead atoms. The van der Waals surface area contributed by atoms with E-state index in [1.54, 1.807) is 0 Å². The maximum absolute atomic E-state index is 11.2. The van der Waals surface area contributed by atoms with E-state index >= 15 is 0 Å². The Morgan fingerprint density at radius 2 is 1.55 bits per heavy atom. The van der Waals surface area contributed by atoms with Crippen molar-refractivity contribution in [3.8, 4) is 5.75 Å². The maximum atomic E-state index is 11.2. The molecule has 0 spiro atoms. The van der Waals surface area contributed by atoms with Crippen LogP contribution in [0.4, 0.5) is 0 Å². The summed E-state index contributed by atoms with van der Waals surface area (Å²) >= 11 is 1.26. The molecule has 0 unspecified atom stereocenters.